The predicted octanol–water partition coefficient (Wildman–Crippen LogP) is 4.20. The van der Waals surface area contributed by atoms with Crippen molar-refractivity contribution in [2.45, 2.75) is 18.1 Å². The molecule has 0 fully saturated rings. The first-order chi connectivity index (χ1) is 13.6. The summed E-state index contributed by atoms with van der Waals surface area (Å²) in [4.78, 5) is 12.5. The summed E-state index contributed by atoms with van der Waals surface area (Å²) >= 11 is 1.35. The van der Waals surface area contributed by atoms with Gasteiger partial charge in [0.25, 0.3) is 0 Å². The van der Waals surface area contributed by atoms with E-state index < -0.39 is 0 Å². The number of nitrogens with one attached hydrogen (secondary N) is 1. The van der Waals surface area contributed by atoms with Gasteiger partial charge in [-0.25, -0.2) is 0 Å². The number of aromatic nitrogens is 3. The monoisotopic (exact) mass is 392 g/mol. The van der Waals surface area contributed by atoms with Crippen LogP contribution in [0.2, 0.25) is 0 Å². The van der Waals surface area contributed by atoms with Crippen molar-refractivity contribution >= 4 is 28.4 Å². The van der Waals surface area contributed by atoms with E-state index in [1.54, 1.807) is 12.3 Å². The lowest BCUT2D eigenvalue weighted by molar-refractivity contribution is -0.119. The van der Waals surface area contributed by atoms with Crippen molar-refractivity contribution < 1.29 is 9.21 Å². The summed E-state index contributed by atoms with van der Waals surface area (Å²) in [6.45, 7) is 2.00. The minimum Gasteiger partial charge on any atom is -0.461 e. The van der Waals surface area contributed by atoms with E-state index in [-0.39, 0.29) is 17.7 Å². The van der Waals surface area contributed by atoms with E-state index in [0.717, 1.165) is 10.9 Å². The minimum absolute atomic E-state index is 0.0482. The van der Waals surface area contributed by atoms with Gasteiger partial charge < -0.3 is 14.3 Å². The van der Waals surface area contributed by atoms with E-state index >= 15 is 0 Å². The molecule has 7 heteroatoms. The SMILES string of the molecule is C[C@@H](NC(=O)CSc1nnc(-c2ccco2)n1C)c1cccc2ccccc12. The Kier molecular flexibility index (Phi) is 5.16. The molecule has 0 radical (unpaired) electrons. The molecule has 0 unspecified atom stereocenters. The summed E-state index contributed by atoms with van der Waals surface area (Å²) in [6, 6.07) is 17.9. The standard InChI is InChI=1S/C21H20N4O2S/c1-14(16-10-5-8-15-7-3-4-9-17(15)16)22-19(26)13-28-21-24-23-20(25(21)2)18-11-6-12-27-18/h3-12,14H,13H2,1-2H3,(H,22,26)/t14-/m1/s1. The minimum atomic E-state index is -0.0858. The molecular formula is C21H20N4O2S. The van der Waals surface area contributed by atoms with Gasteiger partial charge in [0.2, 0.25) is 5.91 Å². The molecule has 1 amide bonds. The molecule has 0 saturated carbocycles. The van der Waals surface area contributed by atoms with Crippen molar-refractivity contribution in [2.75, 3.05) is 5.75 Å². The van der Waals surface area contributed by atoms with Crippen LogP contribution in [-0.4, -0.2) is 26.4 Å². The van der Waals surface area contributed by atoms with Crippen LogP contribution in [0.3, 0.4) is 0 Å². The third-order valence-corrected chi connectivity index (χ3v) is 5.60. The maximum atomic E-state index is 12.5. The van der Waals surface area contributed by atoms with Crippen LogP contribution < -0.4 is 5.32 Å². The Labute approximate surface area is 167 Å². The Morgan fingerprint density at radius 2 is 1.96 bits per heavy atom. The van der Waals surface area contributed by atoms with Gasteiger partial charge in [-0.05, 0) is 35.4 Å². The van der Waals surface area contributed by atoms with Crippen LogP contribution in [0.5, 0.6) is 0 Å². The second-order valence-corrected chi connectivity index (χ2v) is 7.43. The van der Waals surface area contributed by atoms with Gasteiger partial charge in [-0.2, -0.15) is 0 Å². The molecule has 2 heterocycles. The lowest BCUT2D eigenvalue weighted by atomic mass is 10.00. The van der Waals surface area contributed by atoms with Crippen molar-refractivity contribution in [1.82, 2.24) is 20.1 Å². The average Bonchev–Trinajstić information content (AvgIpc) is 3.35. The zero-order chi connectivity index (χ0) is 19.5. The molecule has 0 aliphatic heterocycles. The number of hydrogen-bond acceptors (Lipinski definition) is 5. The van der Waals surface area contributed by atoms with Gasteiger partial charge in [0.05, 0.1) is 18.1 Å². The van der Waals surface area contributed by atoms with Gasteiger partial charge in [0.1, 0.15) is 0 Å². The van der Waals surface area contributed by atoms with E-state index in [2.05, 4.69) is 39.8 Å². The Morgan fingerprint density at radius 1 is 1.14 bits per heavy atom. The molecule has 6 nitrogen and oxygen atoms in total. The van der Waals surface area contributed by atoms with Gasteiger partial charge in [-0.15, -0.1) is 10.2 Å². The van der Waals surface area contributed by atoms with Gasteiger partial charge in [0, 0.05) is 7.05 Å². The third kappa shape index (κ3) is 3.66. The molecule has 1 atom stereocenters. The first-order valence-corrected chi connectivity index (χ1v) is 9.95. The molecule has 0 bridgehead atoms. The first-order valence-electron chi connectivity index (χ1n) is 8.96. The molecule has 0 aliphatic carbocycles. The highest BCUT2D eigenvalue weighted by Crippen LogP contribution is 2.25. The quantitative estimate of drug-likeness (QED) is 0.498. The topological polar surface area (TPSA) is 73.0 Å². The number of nitrogens with zero attached hydrogens (tertiary/aromatic N) is 3. The van der Waals surface area contributed by atoms with Gasteiger partial charge in [-0.3, -0.25) is 4.79 Å². The number of fused-ring (bicyclic) bond motifs is 1. The number of furan rings is 1. The van der Waals surface area contributed by atoms with Crippen LogP contribution in [-0.2, 0) is 11.8 Å². The van der Waals surface area contributed by atoms with Crippen LogP contribution in [0.25, 0.3) is 22.4 Å². The summed E-state index contributed by atoms with van der Waals surface area (Å²) in [7, 11) is 1.86. The fourth-order valence-corrected chi connectivity index (χ4v) is 3.90. The van der Waals surface area contributed by atoms with E-state index in [1.807, 2.05) is 42.8 Å². The molecule has 0 spiro atoms. The largest absolute Gasteiger partial charge is 0.461 e. The molecule has 4 aromatic rings. The first kappa shape index (κ1) is 18.3. The van der Waals surface area contributed by atoms with Gasteiger partial charge in [-0.1, -0.05) is 54.2 Å². The smallest absolute Gasteiger partial charge is 0.230 e. The Hall–Kier alpha value is -3.06. The maximum absolute atomic E-state index is 12.5. The zero-order valence-corrected chi connectivity index (χ0v) is 16.4. The van der Waals surface area contributed by atoms with Crippen LogP contribution in [0.4, 0.5) is 0 Å². The highest BCUT2D eigenvalue weighted by atomic mass is 32.2. The highest BCUT2D eigenvalue weighted by Gasteiger charge is 2.16. The summed E-state index contributed by atoms with van der Waals surface area (Å²) in [5.41, 5.74) is 1.11. The molecule has 2 aromatic carbocycles. The van der Waals surface area contributed by atoms with E-state index in [4.69, 9.17) is 4.42 Å². The number of hydrogen-bond donors (Lipinski definition) is 1. The molecule has 4 rings (SSSR count). The highest BCUT2D eigenvalue weighted by molar-refractivity contribution is 7.99. The fourth-order valence-electron chi connectivity index (χ4n) is 3.18. The summed E-state index contributed by atoms with van der Waals surface area (Å²) in [6.07, 6.45) is 1.60. The number of carbonyl (C=O) groups excluding carboxylic acids is 1. The molecule has 2 aromatic heterocycles. The van der Waals surface area contributed by atoms with Gasteiger partial charge in [0.15, 0.2) is 16.7 Å². The normalized spacial score (nSPS) is 12.2. The number of benzene rings is 2. The van der Waals surface area contributed by atoms with Gasteiger partial charge >= 0.3 is 0 Å². The molecule has 142 valence electrons. The Bertz CT molecular complexity index is 1100. The predicted molar refractivity (Wildman–Crippen MR) is 110 cm³/mol. The van der Waals surface area contributed by atoms with Crippen molar-refractivity contribution in [2.24, 2.45) is 7.05 Å². The summed E-state index contributed by atoms with van der Waals surface area (Å²) in [5.74, 6) is 1.50. The molecular weight excluding hydrogens is 372 g/mol. The number of carbonyl (C=O) groups is 1. The average molecular weight is 392 g/mol. The molecule has 1 N–H and O–H groups in total. The van der Waals surface area contributed by atoms with Crippen molar-refractivity contribution in [1.29, 1.82) is 0 Å². The number of amides is 1. The van der Waals surface area contributed by atoms with Crippen molar-refractivity contribution in [3.63, 3.8) is 0 Å². The Morgan fingerprint density at radius 3 is 2.79 bits per heavy atom. The molecule has 0 aliphatic rings. The van der Waals surface area contributed by atoms with Crippen LogP contribution in [0.1, 0.15) is 18.5 Å². The van der Waals surface area contributed by atoms with E-state index in [1.165, 1.54) is 17.1 Å². The summed E-state index contributed by atoms with van der Waals surface area (Å²) in [5, 5.41) is 14.4. The lowest BCUT2D eigenvalue weighted by Gasteiger charge is -2.16. The van der Waals surface area contributed by atoms with Crippen LogP contribution in [0.15, 0.2) is 70.4 Å². The molecule has 0 saturated heterocycles. The third-order valence-electron chi connectivity index (χ3n) is 4.58. The zero-order valence-electron chi connectivity index (χ0n) is 15.6. The number of thioether (sulfide) groups is 1. The summed E-state index contributed by atoms with van der Waals surface area (Å²) < 4.78 is 7.19. The number of rotatable bonds is 6. The second-order valence-electron chi connectivity index (χ2n) is 6.49. The van der Waals surface area contributed by atoms with E-state index in [9.17, 15) is 4.79 Å². The van der Waals surface area contributed by atoms with E-state index in [0.29, 0.717) is 16.7 Å². The van der Waals surface area contributed by atoms with Crippen molar-refractivity contribution in [3.05, 3.63) is 66.4 Å². The van der Waals surface area contributed by atoms with Crippen LogP contribution >= 0.6 is 11.8 Å². The second kappa shape index (κ2) is 7.90. The molecule has 28 heavy (non-hydrogen) atoms. The van der Waals surface area contributed by atoms with Crippen LogP contribution in [0, 0.1) is 0 Å². The van der Waals surface area contributed by atoms with Crippen molar-refractivity contribution in [3.8, 4) is 11.6 Å². The Balaban J connectivity index is 1.41. The fraction of sp³-hybridized carbons (Fsp3) is 0.190. The maximum Gasteiger partial charge on any atom is 0.230 e. The lowest BCUT2D eigenvalue weighted by Crippen LogP contribution is -2.28.